The fourth-order valence-corrected chi connectivity index (χ4v) is 2.73. The van der Waals surface area contributed by atoms with Gasteiger partial charge < -0.3 is 9.47 Å². The molecule has 0 saturated heterocycles. The zero-order valence-corrected chi connectivity index (χ0v) is 13.2. The van der Waals surface area contributed by atoms with E-state index in [1.807, 2.05) is 31.2 Å². The van der Waals surface area contributed by atoms with Crippen molar-refractivity contribution < 1.29 is 9.47 Å². The third-order valence-corrected chi connectivity index (χ3v) is 3.94. The molecule has 1 aromatic carbocycles. The van der Waals surface area contributed by atoms with Crippen molar-refractivity contribution in [2.24, 2.45) is 5.84 Å². The van der Waals surface area contributed by atoms with E-state index in [9.17, 15) is 0 Å². The topological polar surface area (TPSA) is 69.4 Å². The van der Waals surface area contributed by atoms with Crippen molar-refractivity contribution >= 4 is 11.3 Å². The average molecular weight is 307 g/mol. The second-order valence-electron chi connectivity index (χ2n) is 4.66. The molecule has 0 fully saturated rings. The van der Waals surface area contributed by atoms with E-state index in [0.717, 1.165) is 28.4 Å². The Hall–Kier alpha value is -1.47. The van der Waals surface area contributed by atoms with Gasteiger partial charge in [-0.3, -0.25) is 11.3 Å². The van der Waals surface area contributed by atoms with Gasteiger partial charge in [-0.2, -0.15) is 0 Å². The minimum Gasteiger partial charge on any atom is -0.491 e. The molecule has 5 nitrogen and oxygen atoms in total. The first-order valence-electron chi connectivity index (χ1n) is 6.82. The van der Waals surface area contributed by atoms with Gasteiger partial charge in [0.05, 0.1) is 23.4 Å². The van der Waals surface area contributed by atoms with E-state index in [2.05, 4.69) is 15.8 Å². The molecule has 1 unspecified atom stereocenters. The first-order valence-corrected chi connectivity index (χ1v) is 7.70. The molecule has 0 radical (unpaired) electrons. The summed E-state index contributed by atoms with van der Waals surface area (Å²) >= 11 is 1.65. The maximum Gasteiger partial charge on any atom is 0.124 e. The number of aromatic nitrogens is 1. The van der Waals surface area contributed by atoms with Gasteiger partial charge in [-0.1, -0.05) is 18.2 Å². The first kappa shape index (κ1) is 15.9. The maximum atomic E-state index is 5.76. The minimum atomic E-state index is -0.0368. The summed E-state index contributed by atoms with van der Waals surface area (Å²) in [6.45, 7) is 3.07. The molecule has 0 bridgehead atoms. The Morgan fingerprint density at radius 2 is 2.14 bits per heavy atom. The number of methoxy groups -OCH3 is 1. The van der Waals surface area contributed by atoms with Crippen LogP contribution in [0.5, 0.6) is 5.75 Å². The van der Waals surface area contributed by atoms with E-state index in [-0.39, 0.29) is 6.04 Å². The SMILES string of the molecule is COCCOc1ccccc1C(Cc1csc(C)n1)NN. The van der Waals surface area contributed by atoms with Crippen LogP contribution in [0.15, 0.2) is 29.6 Å². The Balaban J connectivity index is 2.13. The highest BCUT2D eigenvalue weighted by Crippen LogP contribution is 2.27. The van der Waals surface area contributed by atoms with Gasteiger partial charge in [-0.25, -0.2) is 4.98 Å². The highest BCUT2D eigenvalue weighted by atomic mass is 32.1. The molecule has 3 N–H and O–H groups in total. The van der Waals surface area contributed by atoms with Crippen molar-refractivity contribution in [3.63, 3.8) is 0 Å². The van der Waals surface area contributed by atoms with E-state index in [1.54, 1.807) is 18.4 Å². The maximum absolute atomic E-state index is 5.76. The van der Waals surface area contributed by atoms with Crippen molar-refractivity contribution in [1.29, 1.82) is 0 Å². The lowest BCUT2D eigenvalue weighted by molar-refractivity contribution is 0.145. The fraction of sp³-hybridized carbons (Fsp3) is 0.400. The van der Waals surface area contributed by atoms with Crippen LogP contribution in [0.3, 0.4) is 0 Å². The molecule has 0 spiro atoms. The molecule has 1 aromatic heterocycles. The Kier molecular flexibility index (Phi) is 6.13. The van der Waals surface area contributed by atoms with Crippen LogP contribution in [0.2, 0.25) is 0 Å². The number of rotatable bonds is 8. The van der Waals surface area contributed by atoms with Crippen LogP contribution in [-0.2, 0) is 11.2 Å². The quantitative estimate of drug-likeness (QED) is 0.444. The molecule has 2 aromatic rings. The normalized spacial score (nSPS) is 12.3. The summed E-state index contributed by atoms with van der Waals surface area (Å²) in [6, 6.07) is 7.86. The number of benzene rings is 1. The summed E-state index contributed by atoms with van der Waals surface area (Å²) in [4.78, 5) is 4.49. The van der Waals surface area contributed by atoms with Gasteiger partial charge in [0.25, 0.3) is 0 Å². The Labute approximate surface area is 129 Å². The predicted octanol–water partition coefficient (Wildman–Crippen LogP) is 2.22. The minimum absolute atomic E-state index is 0.0368. The van der Waals surface area contributed by atoms with E-state index >= 15 is 0 Å². The Morgan fingerprint density at radius 1 is 1.33 bits per heavy atom. The number of hydrogen-bond donors (Lipinski definition) is 2. The molecular weight excluding hydrogens is 286 g/mol. The lowest BCUT2D eigenvalue weighted by Crippen LogP contribution is -2.30. The molecule has 6 heteroatoms. The molecule has 1 atom stereocenters. The predicted molar refractivity (Wildman–Crippen MR) is 84.4 cm³/mol. The van der Waals surface area contributed by atoms with Gasteiger partial charge in [0.1, 0.15) is 12.4 Å². The van der Waals surface area contributed by atoms with Gasteiger partial charge in [-0.05, 0) is 13.0 Å². The number of nitrogens with zero attached hydrogens (tertiary/aromatic N) is 1. The van der Waals surface area contributed by atoms with Crippen LogP contribution in [0.1, 0.15) is 22.3 Å². The molecular formula is C15H21N3O2S. The Morgan fingerprint density at radius 3 is 2.81 bits per heavy atom. The highest BCUT2D eigenvalue weighted by molar-refractivity contribution is 7.09. The smallest absolute Gasteiger partial charge is 0.124 e. The standard InChI is InChI=1S/C15H21N3O2S/c1-11-17-12(10-21-11)9-14(18-16)13-5-3-4-6-15(13)20-8-7-19-2/h3-6,10,14,18H,7-9,16H2,1-2H3. The van der Waals surface area contributed by atoms with E-state index < -0.39 is 0 Å². The van der Waals surface area contributed by atoms with Crippen LogP contribution in [0.25, 0.3) is 0 Å². The number of hydrazine groups is 1. The number of para-hydroxylation sites is 1. The summed E-state index contributed by atoms with van der Waals surface area (Å²) in [5.41, 5.74) is 4.92. The van der Waals surface area contributed by atoms with Gasteiger partial charge >= 0.3 is 0 Å². The van der Waals surface area contributed by atoms with Crippen molar-refractivity contribution in [1.82, 2.24) is 10.4 Å². The van der Waals surface area contributed by atoms with Crippen molar-refractivity contribution in [2.75, 3.05) is 20.3 Å². The largest absolute Gasteiger partial charge is 0.491 e. The van der Waals surface area contributed by atoms with Crippen molar-refractivity contribution in [3.8, 4) is 5.75 Å². The summed E-state index contributed by atoms with van der Waals surface area (Å²) < 4.78 is 10.8. The molecule has 2 rings (SSSR count). The number of hydrogen-bond acceptors (Lipinski definition) is 6. The van der Waals surface area contributed by atoms with E-state index in [4.69, 9.17) is 15.3 Å². The molecule has 0 amide bonds. The Bertz CT molecular complexity index is 559. The second-order valence-corrected chi connectivity index (χ2v) is 5.72. The average Bonchev–Trinajstić information content (AvgIpc) is 2.91. The fourth-order valence-electron chi connectivity index (χ4n) is 2.10. The van der Waals surface area contributed by atoms with Gasteiger partial charge in [0.15, 0.2) is 0 Å². The number of aryl methyl sites for hydroxylation is 1. The molecule has 0 aliphatic heterocycles. The number of ether oxygens (including phenoxy) is 2. The van der Waals surface area contributed by atoms with E-state index in [0.29, 0.717) is 13.2 Å². The van der Waals surface area contributed by atoms with Gasteiger partial charge in [0.2, 0.25) is 0 Å². The third kappa shape index (κ3) is 4.50. The molecule has 0 aliphatic rings. The molecule has 21 heavy (non-hydrogen) atoms. The van der Waals surface area contributed by atoms with Crippen LogP contribution < -0.4 is 16.0 Å². The number of nitrogens with two attached hydrogens (primary N) is 1. The first-order chi connectivity index (χ1) is 10.2. The zero-order chi connectivity index (χ0) is 15.1. The molecule has 0 aliphatic carbocycles. The zero-order valence-electron chi connectivity index (χ0n) is 12.3. The van der Waals surface area contributed by atoms with Crippen LogP contribution in [-0.4, -0.2) is 25.3 Å². The van der Waals surface area contributed by atoms with Crippen molar-refractivity contribution in [2.45, 2.75) is 19.4 Å². The van der Waals surface area contributed by atoms with Crippen molar-refractivity contribution in [3.05, 3.63) is 45.9 Å². The van der Waals surface area contributed by atoms with Crippen LogP contribution in [0, 0.1) is 6.92 Å². The molecule has 1 heterocycles. The third-order valence-electron chi connectivity index (χ3n) is 3.12. The number of nitrogens with one attached hydrogen (secondary N) is 1. The molecule has 114 valence electrons. The van der Waals surface area contributed by atoms with Crippen LogP contribution >= 0.6 is 11.3 Å². The summed E-state index contributed by atoms with van der Waals surface area (Å²) in [6.07, 6.45) is 0.728. The summed E-state index contributed by atoms with van der Waals surface area (Å²) in [5.74, 6) is 6.55. The van der Waals surface area contributed by atoms with Gasteiger partial charge in [-0.15, -0.1) is 11.3 Å². The van der Waals surface area contributed by atoms with Gasteiger partial charge in [0, 0.05) is 24.5 Å². The summed E-state index contributed by atoms with van der Waals surface area (Å²) in [7, 11) is 1.66. The lowest BCUT2D eigenvalue weighted by atomic mass is 10.0. The number of thiazole rings is 1. The monoisotopic (exact) mass is 307 g/mol. The van der Waals surface area contributed by atoms with E-state index in [1.165, 1.54) is 0 Å². The van der Waals surface area contributed by atoms with Crippen LogP contribution in [0.4, 0.5) is 0 Å². The summed E-state index contributed by atoms with van der Waals surface area (Å²) in [5, 5.41) is 3.12. The molecule has 0 saturated carbocycles. The highest BCUT2D eigenvalue weighted by Gasteiger charge is 2.16. The lowest BCUT2D eigenvalue weighted by Gasteiger charge is -2.19. The second kappa shape index (κ2) is 8.09.